The van der Waals surface area contributed by atoms with Crippen molar-refractivity contribution in [3.8, 4) is 22.6 Å². The van der Waals surface area contributed by atoms with Crippen LogP contribution in [0.4, 0.5) is 0 Å². The summed E-state index contributed by atoms with van der Waals surface area (Å²) >= 11 is 0. The van der Waals surface area contributed by atoms with Gasteiger partial charge in [-0.1, -0.05) is 39.8 Å². The predicted molar refractivity (Wildman–Crippen MR) is 149 cm³/mol. The molecule has 208 valence electrons. The molecule has 0 unspecified atom stereocenters. The molecule has 9 nitrogen and oxygen atoms in total. The molecule has 0 heterocycles. The lowest BCUT2D eigenvalue weighted by molar-refractivity contribution is -0.123. The fraction of sp³-hybridized carbons (Fsp3) is 0.483. The van der Waals surface area contributed by atoms with Gasteiger partial charge in [0.05, 0.1) is 0 Å². The Bertz CT molecular complexity index is 1040. The van der Waals surface area contributed by atoms with Crippen LogP contribution in [0.5, 0.6) is 11.5 Å². The number of nitrogens with two attached hydrogens (primary N) is 1. The van der Waals surface area contributed by atoms with Crippen molar-refractivity contribution in [1.29, 1.82) is 0 Å². The molecule has 0 atom stereocenters. The Balaban J connectivity index is 2.09. The zero-order valence-electron chi connectivity index (χ0n) is 23.0. The second-order valence-corrected chi connectivity index (χ2v) is 9.96. The Labute approximate surface area is 225 Å². The number of amides is 3. The van der Waals surface area contributed by atoms with Crippen molar-refractivity contribution in [2.24, 2.45) is 17.6 Å². The molecule has 2 aromatic carbocycles. The molecule has 0 aliphatic rings. The summed E-state index contributed by atoms with van der Waals surface area (Å²) < 4.78 is 11.3. The smallest absolute Gasteiger partial charge is 0.257 e. The molecular formula is C29H42N4O5. The predicted octanol–water partition coefficient (Wildman–Crippen LogP) is 3.12. The molecule has 38 heavy (non-hydrogen) atoms. The number of hydrogen-bond acceptors (Lipinski definition) is 6. The normalized spacial score (nSPS) is 10.8. The lowest BCUT2D eigenvalue weighted by Gasteiger charge is -2.13. The van der Waals surface area contributed by atoms with Gasteiger partial charge in [0, 0.05) is 31.7 Å². The molecule has 2 rings (SSSR count). The van der Waals surface area contributed by atoms with E-state index in [2.05, 4.69) is 43.6 Å². The van der Waals surface area contributed by atoms with Gasteiger partial charge in [0.25, 0.3) is 17.7 Å². The van der Waals surface area contributed by atoms with Gasteiger partial charge in [-0.05, 0) is 66.1 Å². The Morgan fingerprint density at radius 1 is 0.711 bits per heavy atom. The van der Waals surface area contributed by atoms with E-state index in [-0.39, 0.29) is 30.9 Å². The molecule has 0 spiro atoms. The Hall–Kier alpha value is -3.59. The number of ether oxygens (including phenoxy) is 2. The molecular weight excluding hydrogens is 484 g/mol. The van der Waals surface area contributed by atoms with Crippen LogP contribution in [0.2, 0.25) is 0 Å². The van der Waals surface area contributed by atoms with E-state index in [1.54, 1.807) is 30.3 Å². The zero-order chi connectivity index (χ0) is 27.9. The minimum absolute atomic E-state index is 0.0640. The van der Waals surface area contributed by atoms with Gasteiger partial charge in [-0.3, -0.25) is 14.4 Å². The molecule has 0 aliphatic heterocycles. The molecule has 0 bridgehead atoms. The summed E-state index contributed by atoms with van der Waals surface area (Å²) in [6.45, 7) is 10.0. The number of carbonyl (C=O) groups excluding carboxylic acids is 3. The van der Waals surface area contributed by atoms with Gasteiger partial charge in [-0.2, -0.15) is 0 Å². The van der Waals surface area contributed by atoms with E-state index >= 15 is 0 Å². The van der Waals surface area contributed by atoms with Crippen LogP contribution in [0, 0.1) is 11.8 Å². The topological polar surface area (TPSA) is 132 Å². The highest BCUT2D eigenvalue weighted by Gasteiger charge is 2.12. The Morgan fingerprint density at radius 3 is 1.79 bits per heavy atom. The van der Waals surface area contributed by atoms with Crippen molar-refractivity contribution in [1.82, 2.24) is 16.0 Å². The summed E-state index contributed by atoms with van der Waals surface area (Å²) in [4.78, 5) is 36.8. The summed E-state index contributed by atoms with van der Waals surface area (Å²) in [5.74, 6) is 1.29. The minimum atomic E-state index is -0.285. The SMILES string of the molecule is CC(C)CCNC(=O)COc1ccc(-c2cc(OCC(=O)NCCC(C)C)cc(C(=O)NCCN)c2)cc1. The first-order valence-corrected chi connectivity index (χ1v) is 13.2. The molecule has 0 saturated heterocycles. The second kappa shape index (κ2) is 16.3. The van der Waals surface area contributed by atoms with Crippen LogP contribution in [0.25, 0.3) is 11.1 Å². The quantitative estimate of drug-likeness (QED) is 0.266. The monoisotopic (exact) mass is 526 g/mol. The molecule has 3 amide bonds. The van der Waals surface area contributed by atoms with Crippen LogP contribution in [0.3, 0.4) is 0 Å². The van der Waals surface area contributed by atoms with Crippen molar-refractivity contribution in [2.45, 2.75) is 40.5 Å². The van der Waals surface area contributed by atoms with Crippen molar-refractivity contribution in [3.63, 3.8) is 0 Å². The van der Waals surface area contributed by atoms with Gasteiger partial charge in [0.1, 0.15) is 11.5 Å². The maximum atomic E-state index is 12.6. The first kappa shape index (κ1) is 30.6. The highest BCUT2D eigenvalue weighted by molar-refractivity contribution is 5.96. The largest absolute Gasteiger partial charge is 0.484 e. The number of rotatable bonds is 16. The van der Waals surface area contributed by atoms with E-state index in [1.807, 2.05) is 12.1 Å². The average Bonchev–Trinajstić information content (AvgIpc) is 2.89. The van der Waals surface area contributed by atoms with Crippen LogP contribution in [-0.4, -0.2) is 57.1 Å². The van der Waals surface area contributed by atoms with E-state index in [4.69, 9.17) is 15.2 Å². The number of benzene rings is 2. The van der Waals surface area contributed by atoms with Crippen LogP contribution in [-0.2, 0) is 9.59 Å². The first-order valence-electron chi connectivity index (χ1n) is 13.2. The summed E-state index contributed by atoms with van der Waals surface area (Å²) in [6.07, 6.45) is 1.80. The molecule has 0 aliphatic carbocycles. The van der Waals surface area contributed by atoms with Gasteiger partial charge < -0.3 is 31.2 Å². The average molecular weight is 527 g/mol. The molecule has 2 aromatic rings. The van der Waals surface area contributed by atoms with Crippen molar-refractivity contribution in [3.05, 3.63) is 48.0 Å². The standard InChI is InChI=1S/C29H42N4O5/c1-20(2)9-12-31-27(34)18-37-25-7-5-22(6-8-25)23-15-24(29(36)33-14-11-30)17-26(16-23)38-19-28(35)32-13-10-21(3)4/h5-8,15-17,20-21H,9-14,18-19,30H2,1-4H3,(H,31,34)(H,32,35)(H,33,36). The van der Waals surface area contributed by atoms with Gasteiger partial charge >= 0.3 is 0 Å². The molecule has 0 fully saturated rings. The van der Waals surface area contributed by atoms with Crippen molar-refractivity contribution < 1.29 is 23.9 Å². The lowest BCUT2D eigenvalue weighted by atomic mass is 10.0. The number of nitrogens with one attached hydrogen (secondary N) is 3. The van der Waals surface area contributed by atoms with Crippen LogP contribution in [0.1, 0.15) is 50.9 Å². The van der Waals surface area contributed by atoms with Crippen molar-refractivity contribution in [2.75, 3.05) is 39.4 Å². The summed E-state index contributed by atoms with van der Waals surface area (Å²) in [7, 11) is 0. The Kier molecular flexibility index (Phi) is 13.1. The van der Waals surface area contributed by atoms with Crippen LogP contribution >= 0.6 is 0 Å². The van der Waals surface area contributed by atoms with Crippen molar-refractivity contribution >= 4 is 17.7 Å². The van der Waals surface area contributed by atoms with Crippen LogP contribution in [0.15, 0.2) is 42.5 Å². The maximum Gasteiger partial charge on any atom is 0.257 e. The van der Waals surface area contributed by atoms with E-state index < -0.39 is 0 Å². The lowest BCUT2D eigenvalue weighted by Crippen LogP contribution is -2.30. The first-order chi connectivity index (χ1) is 18.2. The molecule has 5 N–H and O–H groups in total. The van der Waals surface area contributed by atoms with E-state index in [9.17, 15) is 14.4 Å². The minimum Gasteiger partial charge on any atom is -0.484 e. The maximum absolute atomic E-state index is 12.6. The third-order valence-electron chi connectivity index (χ3n) is 5.61. The summed E-state index contributed by atoms with van der Waals surface area (Å²) in [6, 6.07) is 12.3. The summed E-state index contributed by atoms with van der Waals surface area (Å²) in [5.41, 5.74) is 7.46. The second-order valence-electron chi connectivity index (χ2n) is 9.96. The molecule has 0 saturated carbocycles. The van der Waals surface area contributed by atoms with Crippen LogP contribution < -0.4 is 31.2 Å². The summed E-state index contributed by atoms with van der Waals surface area (Å²) in [5, 5.41) is 8.44. The van der Waals surface area contributed by atoms with E-state index in [1.165, 1.54) is 0 Å². The fourth-order valence-electron chi connectivity index (χ4n) is 3.41. The third kappa shape index (κ3) is 11.6. The third-order valence-corrected chi connectivity index (χ3v) is 5.61. The van der Waals surface area contributed by atoms with Gasteiger partial charge in [0.2, 0.25) is 0 Å². The molecule has 0 radical (unpaired) electrons. The van der Waals surface area contributed by atoms with Gasteiger partial charge in [0.15, 0.2) is 13.2 Å². The highest BCUT2D eigenvalue weighted by Crippen LogP contribution is 2.28. The van der Waals surface area contributed by atoms with Gasteiger partial charge in [-0.25, -0.2) is 0 Å². The number of hydrogen-bond donors (Lipinski definition) is 4. The highest BCUT2D eigenvalue weighted by atomic mass is 16.5. The number of carbonyl (C=O) groups is 3. The van der Waals surface area contributed by atoms with Gasteiger partial charge in [-0.15, -0.1) is 0 Å². The molecule has 9 heteroatoms. The zero-order valence-corrected chi connectivity index (χ0v) is 23.0. The Morgan fingerprint density at radius 2 is 1.26 bits per heavy atom. The molecule has 0 aromatic heterocycles. The van der Waals surface area contributed by atoms with E-state index in [0.29, 0.717) is 55.1 Å². The fourth-order valence-corrected chi connectivity index (χ4v) is 3.41. The van der Waals surface area contributed by atoms with E-state index in [0.717, 1.165) is 24.0 Å².